The van der Waals surface area contributed by atoms with Crippen molar-refractivity contribution in [2.24, 2.45) is 17.8 Å². The number of nitrogens with zero attached hydrogens (tertiary/aromatic N) is 1. The molecular formula is C34H39NO4. The van der Waals surface area contributed by atoms with Gasteiger partial charge < -0.3 is 9.84 Å². The summed E-state index contributed by atoms with van der Waals surface area (Å²) >= 11 is 0. The molecule has 5 nitrogen and oxygen atoms in total. The maximum atomic E-state index is 13.8. The summed E-state index contributed by atoms with van der Waals surface area (Å²) in [5.41, 5.74) is 6.08. The number of rotatable bonds is 7. The molecule has 0 spiro atoms. The SMILES string of the molecule is CCC1=C2[C@@H](CC/C(=C/c3ccc(O)cc3)c3ccccc3)OC[C@@H]2[C@@H]2C(=O)N(C3CCCCC3)C(=O)[C@@H]2C1. The zero-order valence-corrected chi connectivity index (χ0v) is 22.9. The number of allylic oxidation sites excluding steroid dienone is 2. The number of phenolic OH excluding ortho intramolecular Hbond substituents is 1. The van der Waals surface area contributed by atoms with E-state index in [2.05, 4.69) is 37.3 Å². The van der Waals surface area contributed by atoms with E-state index in [-0.39, 0.29) is 47.5 Å². The van der Waals surface area contributed by atoms with Crippen LogP contribution in [0.3, 0.4) is 0 Å². The Labute approximate surface area is 231 Å². The average Bonchev–Trinajstić information content (AvgIpc) is 3.50. The standard InChI is InChI=1S/C34H39NO4/c1-2-23-20-28-32(34(38)35(33(28)37)26-11-7-4-8-12-26)29-21-39-30(31(23)29)18-15-25(24-9-5-3-6-10-24)19-22-13-16-27(36)17-14-22/h3,5-6,9-10,13-14,16-17,19,26,28-30,32,36H,2,4,7-8,11-12,15,18,20-21H2,1H3/b25-19-/t28-,29+,30-,32-/m1/s1. The average molecular weight is 526 g/mol. The number of imide groups is 1. The molecular weight excluding hydrogens is 486 g/mol. The number of amides is 2. The number of phenols is 1. The smallest absolute Gasteiger partial charge is 0.234 e. The van der Waals surface area contributed by atoms with Gasteiger partial charge in [0.2, 0.25) is 11.8 Å². The van der Waals surface area contributed by atoms with Gasteiger partial charge in [0.05, 0.1) is 24.5 Å². The normalized spacial score (nSPS) is 27.7. The Hall–Kier alpha value is -3.18. The number of ether oxygens (including phenoxy) is 1. The lowest BCUT2D eigenvalue weighted by atomic mass is 9.69. The van der Waals surface area contributed by atoms with Crippen molar-refractivity contribution in [3.8, 4) is 5.75 Å². The largest absolute Gasteiger partial charge is 0.508 e. The van der Waals surface area contributed by atoms with E-state index in [1.165, 1.54) is 28.7 Å². The zero-order chi connectivity index (χ0) is 26.9. The Kier molecular flexibility index (Phi) is 7.44. The van der Waals surface area contributed by atoms with Crippen LogP contribution in [0.4, 0.5) is 0 Å². The Balaban J connectivity index is 1.24. The number of likely N-dealkylation sites (tertiary alicyclic amines) is 1. The van der Waals surface area contributed by atoms with E-state index in [0.29, 0.717) is 13.0 Å². The van der Waals surface area contributed by atoms with Crippen LogP contribution < -0.4 is 0 Å². The topological polar surface area (TPSA) is 66.8 Å². The maximum Gasteiger partial charge on any atom is 0.234 e. The quantitative estimate of drug-likeness (QED) is 0.246. The molecule has 4 atom stereocenters. The number of benzene rings is 2. The van der Waals surface area contributed by atoms with Crippen LogP contribution in [-0.2, 0) is 14.3 Å². The van der Waals surface area contributed by atoms with Gasteiger partial charge in [0.15, 0.2) is 0 Å². The van der Waals surface area contributed by atoms with Crippen LogP contribution in [0.25, 0.3) is 11.6 Å². The van der Waals surface area contributed by atoms with E-state index in [4.69, 9.17) is 4.74 Å². The molecule has 2 aromatic carbocycles. The Morgan fingerprint density at radius 1 is 0.974 bits per heavy atom. The lowest BCUT2D eigenvalue weighted by Gasteiger charge is -2.31. The highest BCUT2D eigenvalue weighted by Gasteiger charge is 2.57. The first-order valence-corrected chi connectivity index (χ1v) is 14.8. The summed E-state index contributed by atoms with van der Waals surface area (Å²) < 4.78 is 6.46. The molecule has 2 aromatic rings. The predicted molar refractivity (Wildman–Crippen MR) is 153 cm³/mol. The number of carbonyl (C=O) groups is 2. The van der Waals surface area contributed by atoms with Gasteiger partial charge in [-0.2, -0.15) is 0 Å². The first-order valence-electron chi connectivity index (χ1n) is 14.8. The first-order chi connectivity index (χ1) is 19.0. The van der Waals surface area contributed by atoms with E-state index in [1.54, 1.807) is 17.0 Å². The van der Waals surface area contributed by atoms with Crippen molar-refractivity contribution >= 4 is 23.5 Å². The lowest BCUT2D eigenvalue weighted by molar-refractivity contribution is -0.143. The molecule has 39 heavy (non-hydrogen) atoms. The molecule has 0 unspecified atom stereocenters. The molecule has 2 heterocycles. The molecule has 204 valence electrons. The second-order valence-corrected chi connectivity index (χ2v) is 11.7. The van der Waals surface area contributed by atoms with Crippen molar-refractivity contribution in [3.63, 3.8) is 0 Å². The van der Waals surface area contributed by atoms with E-state index in [1.807, 2.05) is 18.2 Å². The van der Waals surface area contributed by atoms with Gasteiger partial charge in [-0.15, -0.1) is 0 Å². The highest BCUT2D eigenvalue weighted by molar-refractivity contribution is 6.06. The van der Waals surface area contributed by atoms with E-state index < -0.39 is 0 Å². The number of fused-ring (bicyclic) bond motifs is 3. The molecule has 0 bridgehead atoms. The van der Waals surface area contributed by atoms with Gasteiger partial charge in [-0.1, -0.05) is 80.3 Å². The third kappa shape index (κ3) is 4.98. The molecule has 2 aliphatic carbocycles. The van der Waals surface area contributed by atoms with Crippen LogP contribution in [0, 0.1) is 17.8 Å². The molecule has 1 saturated carbocycles. The van der Waals surface area contributed by atoms with Gasteiger partial charge in [-0.25, -0.2) is 0 Å². The third-order valence-corrected chi connectivity index (χ3v) is 9.46. The predicted octanol–water partition coefficient (Wildman–Crippen LogP) is 6.77. The van der Waals surface area contributed by atoms with Crippen molar-refractivity contribution in [2.75, 3.05) is 6.61 Å². The van der Waals surface area contributed by atoms with Gasteiger partial charge in [0.1, 0.15) is 5.75 Å². The number of hydrogen-bond acceptors (Lipinski definition) is 4. The molecule has 1 N–H and O–H groups in total. The van der Waals surface area contributed by atoms with Crippen LogP contribution in [0.1, 0.15) is 75.8 Å². The molecule has 3 fully saturated rings. The van der Waals surface area contributed by atoms with Gasteiger partial charge in [0, 0.05) is 12.0 Å². The third-order valence-electron chi connectivity index (χ3n) is 9.46. The van der Waals surface area contributed by atoms with Crippen LogP contribution in [0.5, 0.6) is 5.75 Å². The second kappa shape index (κ2) is 11.1. The molecule has 2 aliphatic heterocycles. The minimum atomic E-state index is -0.254. The molecule has 4 aliphatic rings. The maximum absolute atomic E-state index is 13.8. The summed E-state index contributed by atoms with van der Waals surface area (Å²) in [6, 6.07) is 17.8. The summed E-state index contributed by atoms with van der Waals surface area (Å²) in [5.74, 6) is -0.0365. The minimum absolute atomic E-state index is 0.0231. The van der Waals surface area contributed by atoms with Crippen LogP contribution in [-0.4, -0.2) is 40.6 Å². The van der Waals surface area contributed by atoms with Gasteiger partial charge >= 0.3 is 0 Å². The molecule has 2 saturated heterocycles. The Bertz CT molecular complexity index is 1270. The molecule has 6 rings (SSSR count). The monoisotopic (exact) mass is 525 g/mol. The van der Waals surface area contributed by atoms with E-state index in [9.17, 15) is 14.7 Å². The highest BCUT2D eigenvalue weighted by atomic mass is 16.5. The highest BCUT2D eigenvalue weighted by Crippen LogP contribution is 2.51. The molecule has 2 amide bonds. The van der Waals surface area contributed by atoms with Crippen molar-refractivity contribution in [2.45, 2.75) is 76.9 Å². The summed E-state index contributed by atoms with van der Waals surface area (Å²) in [4.78, 5) is 29.0. The summed E-state index contributed by atoms with van der Waals surface area (Å²) in [5, 5.41) is 9.71. The van der Waals surface area contributed by atoms with E-state index >= 15 is 0 Å². The number of carbonyl (C=O) groups excluding carboxylic acids is 2. The van der Waals surface area contributed by atoms with Crippen LogP contribution >= 0.6 is 0 Å². The van der Waals surface area contributed by atoms with Gasteiger partial charge in [0.25, 0.3) is 0 Å². The van der Waals surface area contributed by atoms with Crippen LogP contribution in [0.2, 0.25) is 0 Å². The Morgan fingerprint density at radius 3 is 2.44 bits per heavy atom. The summed E-state index contributed by atoms with van der Waals surface area (Å²) in [6.45, 7) is 2.71. The first kappa shape index (κ1) is 26.1. The number of aromatic hydroxyl groups is 1. The second-order valence-electron chi connectivity index (χ2n) is 11.7. The van der Waals surface area contributed by atoms with Crippen molar-refractivity contribution < 1.29 is 19.4 Å². The fraction of sp³-hybridized carbons (Fsp3) is 0.471. The molecule has 5 heteroatoms. The van der Waals surface area contributed by atoms with Crippen molar-refractivity contribution in [1.29, 1.82) is 0 Å². The zero-order valence-electron chi connectivity index (χ0n) is 22.9. The minimum Gasteiger partial charge on any atom is -0.508 e. The number of hydrogen-bond donors (Lipinski definition) is 1. The Morgan fingerprint density at radius 2 is 1.72 bits per heavy atom. The van der Waals surface area contributed by atoms with Crippen LogP contribution in [0.15, 0.2) is 65.7 Å². The van der Waals surface area contributed by atoms with Gasteiger partial charge in [-0.05, 0) is 72.9 Å². The lowest BCUT2D eigenvalue weighted by Crippen LogP contribution is -2.42. The molecule has 0 radical (unpaired) electrons. The summed E-state index contributed by atoms with van der Waals surface area (Å²) in [6.07, 6.45) is 10.8. The molecule has 0 aromatic heterocycles. The fourth-order valence-electron chi connectivity index (χ4n) is 7.55. The van der Waals surface area contributed by atoms with E-state index in [0.717, 1.165) is 50.5 Å². The summed E-state index contributed by atoms with van der Waals surface area (Å²) in [7, 11) is 0. The fourth-order valence-corrected chi connectivity index (χ4v) is 7.55. The van der Waals surface area contributed by atoms with Gasteiger partial charge in [-0.3, -0.25) is 14.5 Å². The van der Waals surface area contributed by atoms with Crippen molar-refractivity contribution in [1.82, 2.24) is 4.90 Å². The van der Waals surface area contributed by atoms with Crippen molar-refractivity contribution in [3.05, 3.63) is 76.9 Å².